The van der Waals surface area contributed by atoms with Gasteiger partial charge in [-0.3, -0.25) is 14.2 Å². The normalized spacial score (nSPS) is 14.4. The summed E-state index contributed by atoms with van der Waals surface area (Å²) >= 11 is 0. The summed E-state index contributed by atoms with van der Waals surface area (Å²) in [4.78, 5) is 29.9. The Morgan fingerprint density at radius 1 is 1.14 bits per heavy atom. The molecule has 3 aromatic rings. The Bertz CT molecular complexity index is 1110. The molecule has 1 heterocycles. The topological polar surface area (TPSA) is 64.0 Å². The second-order valence-corrected chi connectivity index (χ2v) is 8.05. The molecule has 0 atom stereocenters. The van der Waals surface area contributed by atoms with Crippen LogP contribution >= 0.6 is 0 Å². The molecule has 1 aliphatic rings. The molecule has 0 saturated heterocycles. The van der Waals surface area contributed by atoms with Gasteiger partial charge in [0.1, 0.15) is 5.82 Å². The fraction of sp³-hybridized carbons (Fsp3) is 0.375. The quantitative estimate of drug-likeness (QED) is 0.674. The van der Waals surface area contributed by atoms with Crippen molar-refractivity contribution in [3.05, 3.63) is 64.2 Å². The number of aryl methyl sites for hydroxylation is 2. The van der Waals surface area contributed by atoms with Crippen molar-refractivity contribution in [2.75, 3.05) is 5.32 Å². The van der Waals surface area contributed by atoms with Crippen LogP contribution in [0.25, 0.3) is 16.6 Å². The van der Waals surface area contributed by atoms with Crippen molar-refractivity contribution in [2.45, 2.75) is 52.4 Å². The van der Waals surface area contributed by atoms with Gasteiger partial charge in [-0.05, 0) is 62.1 Å². The predicted octanol–water partition coefficient (Wildman–Crippen LogP) is 4.91. The van der Waals surface area contributed by atoms with E-state index in [0.29, 0.717) is 29.1 Å². The van der Waals surface area contributed by atoms with Crippen LogP contribution in [0.2, 0.25) is 0 Å². The van der Waals surface area contributed by atoms with Gasteiger partial charge in [0.15, 0.2) is 0 Å². The lowest BCUT2D eigenvalue weighted by Gasteiger charge is -2.14. The number of rotatable bonds is 5. The van der Waals surface area contributed by atoms with E-state index in [-0.39, 0.29) is 11.5 Å². The minimum Gasteiger partial charge on any atom is -0.326 e. The number of carbonyl (C=O) groups excluding carboxylic acids is 1. The fourth-order valence-corrected chi connectivity index (χ4v) is 4.32. The molecule has 1 amide bonds. The number of para-hydroxylation sites is 1. The maximum Gasteiger partial charge on any atom is 0.265 e. The number of hydrogen-bond donors (Lipinski definition) is 1. The zero-order valence-corrected chi connectivity index (χ0v) is 17.1. The molecule has 1 N–H and O–H groups in total. The molecule has 0 unspecified atom stereocenters. The van der Waals surface area contributed by atoms with Gasteiger partial charge in [-0.15, -0.1) is 0 Å². The molecular weight excluding hydrogens is 362 g/mol. The van der Waals surface area contributed by atoms with Gasteiger partial charge in [0.05, 0.1) is 16.6 Å². The first-order valence-electron chi connectivity index (χ1n) is 10.4. The number of nitrogens with zero attached hydrogens (tertiary/aromatic N) is 2. The third-order valence-electron chi connectivity index (χ3n) is 5.94. The molecule has 5 nitrogen and oxygen atoms in total. The lowest BCUT2D eigenvalue weighted by molar-refractivity contribution is -0.116. The van der Waals surface area contributed by atoms with E-state index in [1.165, 1.54) is 25.7 Å². The average Bonchev–Trinajstić information content (AvgIpc) is 3.22. The monoisotopic (exact) mass is 389 g/mol. The molecule has 0 aliphatic heterocycles. The average molecular weight is 389 g/mol. The number of anilines is 1. The molecule has 1 aliphatic carbocycles. The summed E-state index contributed by atoms with van der Waals surface area (Å²) in [6.07, 6.45) is 6.66. The molecule has 150 valence electrons. The highest BCUT2D eigenvalue weighted by Gasteiger charge is 2.17. The third kappa shape index (κ3) is 4.09. The molecule has 29 heavy (non-hydrogen) atoms. The Kier molecular flexibility index (Phi) is 5.47. The number of amides is 1. The van der Waals surface area contributed by atoms with Gasteiger partial charge in [0.2, 0.25) is 5.91 Å². The predicted molar refractivity (Wildman–Crippen MR) is 117 cm³/mol. The van der Waals surface area contributed by atoms with Crippen LogP contribution in [-0.4, -0.2) is 15.5 Å². The Hall–Kier alpha value is -2.95. The van der Waals surface area contributed by atoms with Crippen molar-refractivity contribution in [3.8, 4) is 5.69 Å². The largest absolute Gasteiger partial charge is 0.326 e. The summed E-state index contributed by atoms with van der Waals surface area (Å²) in [6, 6.07) is 13.0. The summed E-state index contributed by atoms with van der Waals surface area (Å²) in [7, 11) is 0. The number of aromatic nitrogens is 2. The first kappa shape index (κ1) is 19.4. The molecule has 0 bridgehead atoms. The van der Waals surface area contributed by atoms with Crippen molar-refractivity contribution in [3.63, 3.8) is 0 Å². The highest BCUT2D eigenvalue weighted by Crippen LogP contribution is 2.29. The van der Waals surface area contributed by atoms with Crippen LogP contribution in [0.5, 0.6) is 0 Å². The van der Waals surface area contributed by atoms with Gasteiger partial charge in [0, 0.05) is 12.1 Å². The number of fused-ring (bicyclic) bond motifs is 1. The van der Waals surface area contributed by atoms with E-state index in [1.807, 2.05) is 50.2 Å². The van der Waals surface area contributed by atoms with Crippen LogP contribution in [0.1, 0.15) is 49.9 Å². The Morgan fingerprint density at radius 3 is 2.66 bits per heavy atom. The van der Waals surface area contributed by atoms with Crippen LogP contribution in [0.4, 0.5) is 5.69 Å². The van der Waals surface area contributed by atoms with Crippen molar-refractivity contribution in [1.82, 2.24) is 9.55 Å². The van der Waals surface area contributed by atoms with Crippen LogP contribution in [0, 0.1) is 19.8 Å². The van der Waals surface area contributed by atoms with Crippen molar-refractivity contribution < 1.29 is 4.79 Å². The van der Waals surface area contributed by atoms with E-state index in [4.69, 9.17) is 0 Å². The summed E-state index contributed by atoms with van der Waals surface area (Å²) in [5, 5.41) is 3.63. The van der Waals surface area contributed by atoms with E-state index in [9.17, 15) is 9.59 Å². The highest BCUT2D eigenvalue weighted by atomic mass is 16.1. The maximum absolute atomic E-state index is 13.0. The van der Waals surface area contributed by atoms with E-state index in [2.05, 4.69) is 10.3 Å². The number of nitrogens with one attached hydrogen (secondary N) is 1. The molecule has 1 saturated carbocycles. The molecule has 0 radical (unpaired) electrons. The zero-order valence-electron chi connectivity index (χ0n) is 17.1. The van der Waals surface area contributed by atoms with Crippen molar-refractivity contribution >= 4 is 22.5 Å². The minimum absolute atomic E-state index is 0.0634. The number of carbonyl (C=O) groups is 1. The first-order valence-corrected chi connectivity index (χ1v) is 10.4. The van der Waals surface area contributed by atoms with Gasteiger partial charge in [0.25, 0.3) is 5.56 Å². The number of benzene rings is 2. The molecule has 1 aromatic heterocycles. The summed E-state index contributed by atoms with van der Waals surface area (Å²) in [5.41, 5.74) is 3.10. The SMILES string of the molecule is Cc1cc(-n2c(C)nc3ccccc3c2=O)ccc1NC(=O)CCC1CCCC1. The van der Waals surface area contributed by atoms with Crippen molar-refractivity contribution in [2.24, 2.45) is 5.92 Å². The van der Waals surface area contributed by atoms with E-state index >= 15 is 0 Å². The zero-order chi connectivity index (χ0) is 20.4. The standard InChI is InChI=1S/C24H27N3O2/c1-16-15-19(27-17(2)25-22-10-6-5-9-20(22)24(27)29)12-13-21(16)26-23(28)14-11-18-7-3-4-8-18/h5-6,9-10,12-13,15,18H,3-4,7-8,11,14H2,1-2H3,(H,26,28). The molecule has 1 fully saturated rings. The van der Waals surface area contributed by atoms with Gasteiger partial charge in [-0.25, -0.2) is 4.98 Å². The van der Waals surface area contributed by atoms with Crippen molar-refractivity contribution in [1.29, 1.82) is 0 Å². The van der Waals surface area contributed by atoms with Crippen LogP contribution < -0.4 is 10.9 Å². The van der Waals surface area contributed by atoms with E-state index < -0.39 is 0 Å². The van der Waals surface area contributed by atoms with E-state index in [0.717, 1.165) is 23.4 Å². The highest BCUT2D eigenvalue weighted by molar-refractivity contribution is 5.91. The summed E-state index contributed by atoms with van der Waals surface area (Å²) in [5.74, 6) is 1.41. The van der Waals surface area contributed by atoms with Gasteiger partial charge in [-0.1, -0.05) is 37.8 Å². The lowest BCUT2D eigenvalue weighted by atomic mass is 10.0. The van der Waals surface area contributed by atoms with E-state index in [1.54, 1.807) is 10.6 Å². The van der Waals surface area contributed by atoms with Gasteiger partial charge >= 0.3 is 0 Å². The molecule has 0 spiro atoms. The Balaban J connectivity index is 1.55. The Morgan fingerprint density at radius 2 is 1.90 bits per heavy atom. The van der Waals surface area contributed by atoms with Crippen LogP contribution in [-0.2, 0) is 4.79 Å². The second kappa shape index (κ2) is 8.19. The number of hydrogen-bond acceptors (Lipinski definition) is 3. The van der Waals surface area contributed by atoms with Gasteiger partial charge in [-0.2, -0.15) is 0 Å². The summed E-state index contributed by atoms with van der Waals surface area (Å²) in [6.45, 7) is 3.78. The second-order valence-electron chi connectivity index (χ2n) is 8.05. The lowest BCUT2D eigenvalue weighted by Crippen LogP contribution is -2.22. The van der Waals surface area contributed by atoms with Crippen LogP contribution in [0.3, 0.4) is 0 Å². The maximum atomic E-state index is 13.0. The molecule has 5 heteroatoms. The molecular formula is C24H27N3O2. The third-order valence-corrected chi connectivity index (χ3v) is 5.94. The molecule has 2 aromatic carbocycles. The van der Waals surface area contributed by atoms with Gasteiger partial charge < -0.3 is 5.32 Å². The fourth-order valence-electron chi connectivity index (χ4n) is 4.32. The van der Waals surface area contributed by atoms with Crippen LogP contribution in [0.15, 0.2) is 47.3 Å². The Labute approximate surface area is 170 Å². The molecule has 4 rings (SSSR count). The smallest absolute Gasteiger partial charge is 0.265 e. The summed E-state index contributed by atoms with van der Waals surface area (Å²) < 4.78 is 1.63. The first-order chi connectivity index (χ1) is 14.0. The minimum atomic E-state index is -0.0825.